The van der Waals surface area contributed by atoms with Crippen LogP contribution in [0.5, 0.6) is 5.75 Å². The number of carbonyl (C=O) groups is 1. The Morgan fingerprint density at radius 2 is 2.00 bits per heavy atom. The fourth-order valence-electron chi connectivity index (χ4n) is 1.84. The fraction of sp³-hybridized carbons (Fsp3) is 0.500. The van der Waals surface area contributed by atoms with E-state index in [-0.39, 0.29) is 5.91 Å². The summed E-state index contributed by atoms with van der Waals surface area (Å²) >= 11 is 0. The van der Waals surface area contributed by atoms with Crippen molar-refractivity contribution in [2.75, 3.05) is 39.0 Å². The summed E-state index contributed by atoms with van der Waals surface area (Å²) in [5.41, 5.74) is 6.77. The zero-order valence-electron chi connectivity index (χ0n) is 11.9. The van der Waals surface area contributed by atoms with E-state index < -0.39 is 0 Å². The molecule has 0 aliphatic carbocycles. The number of amides is 1. The van der Waals surface area contributed by atoms with Gasteiger partial charge in [0.05, 0.1) is 7.11 Å². The van der Waals surface area contributed by atoms with E-state index in [1.54, 1.807) is 25.3 Å². The number of carbonyl (C=O) groups excluding carboxylic acids is 1. The van der Waals surface area contributed by atoms with Crippen LogP contribution in [0, 0.1) is 0 Å². The molecule has 0 saturated carbocycles. The summed E-state index contributed by atoms with van der Waals surface area (Å²) in [5, 5.41) is 2.88. The predicted molar refractivity (Wildman–Crippen MR) is 77.5 cm³/mol. The lowest BCUT2D eigenvalue weighted by atomic mass is 10.1. The van der Waals surface area contributed by atoms with E-state index in [1.807, 2.05) is 0 Å². The van der Waals surface area contributed by atoms with E-state index >= 15 is 0 Å². The highest BCUT2D eigenvalue weighted by molar-refractivity contribution is 5.95. The molecule has 0 fully saturated rings. The van der Waals surface area contributed by atoms with E-state index in [9.17, 15) is 4.79 Å². The number of hydrogen-bond donors (Lipinski definition) is 2. The van der Waals surface area contributed by atoms with Crippen LogP contribution in [0.25, 0.3) is 0 Å². The Labute approximate surface area is 114 Å². The van der Waals surface area contributed by atoms with Crippen molar-refractivity contribution in [3.8, 4) is 5.75 Å². The Hall–Kier alpha value is -1.75. The number of methoxy groups -OCH3 is 1. The third kappa shape index (κ3) is 4.79. The van der Waals surface area contributed by atoms with Gasteiger partial charge in [-0.1, -0.05) is 13.8 Å². The molecule has 1 rings (SSSR count). The first-order chi connectivity index (χ1) is 9.10. The van der Waals surface area contributed by atoms with Gasteiger partial charge in [-0.15, -0.1) is 0 Å². The largest absolute Gasteiger partial charge is 0.497 e. The molecular formula is C14H23N3O2. The van der Waals surface area contributed by atoms with Crippen molar-refractivity contribution in [2.45, 2.75) is 13.8 Å². The van der Waals surface area contributed by atoms with Crippen LogP contribution in [0.2, 0.25) is 0 Å². The second-order valence-corrected chi connectivity index (χ2v) is 4.28. The average molecular weight is 265 g/mol. The molecule has 1 aromatic carbocycles. The van der Waals surface area contributed by atoms with Crippen molar-refractivity contribution < 1.29 is 9.53 Å². The average Bonchev–Trinajstić information content (AvgIpc) is 2.42. The van der Waals surface area contributed by atoms with Gasteiger partial charge in [0.15, 0.2) is 0 Å². The molecule has 3 N–H and O–H groups in total. The molecule has 1 aromatic rings. The number of benzene rings is 1. The standard InChI is InChI=1S/C14H23N3O2/c1-4-17(5-2)7-6-16-14(18)11-8-12(15)10-13(9-11)19-3/h8-10H,4-7,15H2,1-3H3,(H,16,18). The van der Waals surface area contributed by atoms with Crippen molar-refractivity contribution in [1.29, 1.82) is 0 Å². The lowest BCUT2D eigenvalue weighted by Crippen LogP contribution is -2.34. The van der Waals surface area contributed by atoms with E-state index in [0.29, 0.717) is 23.5 Å². The monoisotopic (exact) mass is 265 g/mol. The number of nitrogen functional groups attached to an aromatic ring is 1. The molecule has 0 aliphatic rings. The number of nitrogens with two attached hydrogens (primary N) is 1. The molecule has 5 nitrogen and oxygen atoms in total. The molecule has 0 unspecified atom stereocenters. The van der Waals surface area contributed by atoms with Crippen molar-refractivity contribution in [3.63, 3.8) is 0 Å². The Morgan fingerprint density at radius 3 is 2.58 bits per heavy atom. The summed E-state index contributed by atoms with van der Waals surface area (Å²) in [4.78, 5) is 14.2. The van der Waals surface area contributed by atoms with Gasteiger partial charge in [0.1, 0.15) is 5.75 Å². The fourth-order valence-corrected chi connectivity index (χ4v) is 1.84. The molecule has 1 amide bonds. The van der Waals surface area contributed by atoms with E-state index in [0.717, 1.165) is 19.6 Å². The molecular weight excluding hydrogens is 242 g/mol. The quantitative estimate of drug-likeness (QED) is 0.730. The molecule has 0 bridgehead atoms. The van der Waals surface area contributed by atoms with Crippen LogP contribution in [0.3, 0.4) is 0 Å². The lowest BCUT2D eigenvalue weighted by Gasteiger charge is -2.18. The van der Waals surface area contributed by atoms with Crippen molar-refractivity contribution in [2.24, 2.45) is 0 Å². The van der Waals surface area contributed by atoms with E-state index in [4.69, 9.17) is 10.5 Å². The third-order valence-corrected chi connectivity index (χ3v) is 3.03. The van der Waals surface area contributed by atoms with Gasteiger partial charge in [0.25, 0.3) is 5.91 Å². The van der Waals surface area contributed by atoms with Gasteiger partial charge < -0.3 is 20.7 Å². The highest BCUT2D eigenvalue weighted by atomic mass is 16.5. The minimum atomic E-state index is -0.127. The minimum absolute atomic E-state index is 0.127. The van der Waals surface area contributed by atoms with Crippen LogP contribution in [0.4, 0.5) is 5.69 Å². The molecule has 0 heterocycles. The minimum Gasteiger partial charge on any atom is -0.497 e. The summed E-state index contributed by atoms with van der Waals surface area (Å²) in [5.74, 6) is 0.464. The number of anilines is 1. The first-order valence-electron chi connectivity index (χ1n) is 6.55. The molecule has 0 saturated heterocycles. The van der Waals surface area contributed by atoms with Gasteiger partial charge >= 0.3 is 0 Å². The van der Waals surface area contributed by atoms with Crippen molar-refractivity contribution >= 4 is 11.6 Å². The smallest absolute Gasteiger partial charge is 0.251 e. The van der Waals surface area contributed by atoms with Crippen LogP contribution in [-0.2, 0) is 0 Å². The van der Waals surface area contributed by atoms with Crippen LogP contribution in [-0.4, -0.2) is 44.1 Å². The number of likely N-dealkylation sites (N-methyl/N-ethyl adjacent to an activating group) is 1. The summed E-state index contributed by atoms with van der Waals surface area (Å²) in [6.45, 7) is 7.65. The summed E-state index contributed by atoms with van der Waals surface area (Å²) < 4.78 is 5.10. The lowest BCUT2D eigenvalue weighted by molar-refractivity contribution is 0.0948. The first-order valence-corrected chi connectivity index (χ1v) is 6.55. The van der Waals surface area contributed by atoms with E-state index in [1.165, 1.54) is 0 Å². The van der Waals surface area contributed by atoms with Crippen molar-refractivity contribution in [1.82, 2.24) is 10.2 Å². The Morgan fingerprint density at radius 1 is 1.32 bits per heavy atom. The van der Waals surface area contributed by atoms with Gasteiger partial charge in [-0.2, -0.15) is 0 Å². The molecule has 19 heavy (non-hydrogen) atoms. The van der Waals surface area contributed by atoms with Crippen molar-refractivity contribution in [3.05, 3.63) is 23.8 Å². The summed E-state index contributed by atoms with van der Waals surface area (Å²) in [7, 11) is 1.55. The SMILES string of the molecule is CCN(CC)CCNC(=O)c1cc(N)cc(OC)c1. The maximum Gasteiger partial charge on any atom is 0.251 e. The predicted octanol–water partition coefficient (Wildman–Crippen LogP) is 1.35. The Bertz CT molecular complexity index is 417. The highest BCUT2D eigenvalue weighted by Gasteiger charge is 2.08. The number of hydrogen-bond acceptors (Lipinski definition) is 4. The number of ether oxygens (including phenoxy) is 1. The second-order valence-electron chi connectivity index (χ2n) is 4.28. The number of nitrogens with one attached hydrogen (secondary N) is 1. The summed E-state index contributed by atoms with van der Waals surface area (Å²) in [6.07, 6.45) is 0. The summed E-state index contributed by atoms with van der Waals surface area (Å²) in [6, 6.07) is 5.02. The Balaban J connectivity index is 2.56. The maximum absolute atomic E-state index is 12.0. The van der Waals surface area contributed by atoms with Crippen LogP contribution in [0.1, 0.15) is 24.2 Å². The first kappa shape index (κ1) is 15.3. The van der Waals surface area contributed by atoms with E-state index in [2.05, 4.69) is 24.1 Å². The Kier molecular flexibility index (Phi) is 6.15. The third-order valence-electron chi connectivity index (χ3n) is 3.03. The maximum atomic E-state index is 12.0. The number of nitrogens with zero attached hydrogens (tertiary/aromatic N) is 1. The molecule has 0 aliphatic heterocycles. The van der Waals surface area contributed by atoms with Crippen LogP contribution >= 0.6 is 0 Å². The molecule has 106 valence electrons. The molecule has 0 atom stereocenters. The van der Waals surface area contributed by atoms with Crippen LogP contribution in [0.15, 0.2) is 18.2 Å². The zero-order valence-corrected chi connectivity index (χ0v) is 11.9. The van der Waals surface area contributed by atoms with Gasteiger partial charge in [-0.3, -0.25) is 4.79 Å². The van der Waals surface area contributed by atoms with Gasteiger partial charge in [-0.05, 0) is 25.2 Å². The second kappa shape index (κ2) is 7.63. The highest BCUT2D eigenvalue weighted by Crippen LogP contribution is 2.18. The van der Waals surface area contributed by atoms with Gasteiger partial charge in [-0.25, -0.2) is 0 Å². The topological polar surface area (TPSA) is 67.6 Å². The number of rotatable bonds is 7. The molecule has 0 radical (unpaired) electrons. The zero-order chi connectivity index (χ0) is 14.3. The molecule has 5 heteroatoms. The van der Waals surface area contributed by atoms with Crippen LogP contribution < -0.4 is 15.8 Å². The molecule has 0 spiro atoms. The molecule has 0 aromatic heterocycles. The van der Waals surface area contributed by atoms with Gasteiger partial charge in [0.2, 0.25) is 0 Å². The normalized spacial score (nSPS) is 10.5. The van der Waals surface area contributed by atoms with Gasteiger partial charge in [0, 0.05) is 30.4 Å².